The molecule has 3 nitrogen and oxygen atoms in total. The first kappa shape index (κ1) is 19.4. The Kier molecular flexibility index (Phi) is 5.69. The molecule has 3 atom stereocenters. The van der Waals surface area contributed by atoms with Crippen LogP contribution in [0.15, 0.2) is 42.5 Å². The Labute approximate surface area is 168 Å². The van der Waals surface area contributed by atoms with E-state index in [4.69, 9.17) is 0 Å². The monoisotopic (exact) mass is 402 g/mol. The van der Waals surface area contributed by atoms with E-state index in [2.05, 4.69) is 4.72 Å². The molecule has 4 rings (SSSR count). The van der Waals surface area contributed by atoms with E-state index in [0.29, 0.717) is 24.6 Å². The predicted molar refractivity (Wildman–Crippen MR) is 109 cm³/mol. The molecule has 6 heteroatoms. The summed E-state index contributed by atoms with van der Waals surface area (Å²) in [6.07, 6.45) is 4.74. The number of carbonyl (C=O) groups excluding carboxylic acids is 1. The van der Waals surface area contributed by atoms with Crippen molar-refractivity contribution in [3.63, 3.8) is 0 Å². The summed E-state index contributed by atoms with van der Waals surface area (Å²) in [4.78, 5) is 15.0. The van der Waals surface area contributed by atoms with Gasteiger partial charge in [0, 0.05) is 36.2 Å². The van der Waals surface area contributed by atoms with Crippen LogP contribution in [0.4, 0.5) is 8.78 Å². The van der Waals surface area contributed by atoms with Crippen molar-refractivity contribution in [3.05, 3.63) is 59.7 Å². The van der Waals surface area contributed by atoms with Gasteiger partial charge in [0.15, 0.2) is 0 Å². The molecule has 1 saturated heterocycles. The molecule has 1 N–H and O–H groups in total. The van der Waals surface area contributed by atoms with Gasteiger partial charge in [-0.05, 0) is 49.1 Å². The summed E-state index contributed by atoms with van der Waals surface area (Å²) in [7, 11) is 0. The first-order chi connectivity index (χ1) is 13.6. The van der Waals surface area contributed by atoms with Gasteiger partial charge in [-0.3, -0.25) is 9.52 Å². The van der Waals surface area contributed by atoms with Gasteiger partial charge in [0.05, 0.1) is 0 Å². The summed E-state index contributed by atoms with van der Waals surface area (Å²) in [5.41, 5.74) is 1.29. The lowest BCUT2D eigenvalue weighted by Gasteiger charge is -2.33. The Morgan fingerprint density at radius 1 is 1.14 bits per heavy atom. The van der Waals surface area contributed by atoms with Crippen LogP contribution in [-0.2, 0) is 4.79 Å². The minimum atomic E-state index is -0.445. The molecular formula is C22H24F2N2OS. The van der Waals surface area contributed by atoms with E-state index in [-0.39, 0.29) is 23.3 Å². The molecule has 0 spiro atoms. The smallest absolute Gasteiger partial charge is 0.226 e. The molecule has 0 radical (unpaired) electrons. The lowest BCUT2D eigenvalue weighted by molar-refractivity contribution is -0.133. The van der Waals surface area contributed by atoms with E-state index in [0.717, 1.165) is 24.9 Å². The maximum Gasteiger partial charge on any atom is 0.226 e. The topological polar surface area (TPSA) is 32.3 Å². The second kappa shape index (κ2) is 8.21. The Hall–Kier alpha value is -1.92. The number of nitrogens with one attached hydrogen (secondary N) is 1. The van der Waals surface area contributed by atoms with Gasteiger partial charge in [0.2, 0.25) is 5.91 Å². The standard InChI is InChI=1S/C22H24F2N2OS/c1-28-25-14-6-5-11-26(13-14)22(27)18-12-17(18)15-8-4-10-20(24)21(15)16-7-2-3-9-19(16)23/h2-4,7-10,14,17-18,25H,5-6,11-13H2,1H3. The Morgan fingerprint density at radius 2 is 1.93 bits per heavy atom. The van der Waals surface area contributed by atoms with Crippen molar-refractivity contribution in [1.82, 2.24) is 9.62 Å². The lowest BCUT2D eigenvalue weighted by atomic mass is 9.94. The highest BCUT2D eigenvalue weighted by atomic mass is 32.2. The second-order valence-corrected chi connectivity index (χ2v) is 8.22. The molecule has 1 saturated carbocycles. The number of nitrogens with zero attached hydrogens (tertiary/aromatic N) is 1. The van der Waals surface area contributed by atoms with Crippen molar-refractivity contribution >= 4 is 17.9 Å². The summed E-state index contributed by atoms with van der Waals surface area (Å²) in [5, 5.41) is 0. The minimum Gasteiger partial charge on any atom is -0.341 e. The van der Waals surface area contributed by atoms with Gasteiger partial charge >= 0.3 is 0 Å². The van der Waals surface area contributed by atoms with E-state index in [1.807, 2.05) is 17.2 Å². The molecular weight excluding hydrogens is 378 g/mol. The normalized spacial score (nSPS) is 24.2. The van der Waals surface area contributed by atoms with Gasteiger partial charge in [-0.15, -0.1) is 0 Å². The van der Waals surface area contributed by atoms with Crippen molar-refractivity contribution in [2.24, 2.45) is 5.92 Å². The molecule has 1 aliphatic heterocycles. The third-order valence-corrected chi connectivity index (χ3v) is 6.28. The molecule has 0 aromatic heterocycles. The molecule has 1 aliphatic carbocycles. The van der Waals surface area contributed by atoms with Crippen molar-refractivity contribution in [1.29, 1.82) is 0 Å². The van der Waals surface area contributed by atoms with Gasteiger partial charge in [-0.1, -0.05) is 42.3 Å². The molecule has 2 aliphatic rings. The molecule has 148 valence electrons. The van der Waals surface area contributed by atoms with Crippen LogP contribution in [0.1, 0.15) is 30.7 Å². The summed E-state index contributed by atoms with van der Waals surface area (Å²) in [6, 6.07) is 11.4. The van der Waals surface area contributed by atoms with E-state index in [1.54, 1.807) is 36.2 Å². The number of amides is 1. The SMILES string of the molecule is CSNC1CCCN(C(=O)C2CC2c2cccc(F)c2-c2ccccc2F)C1. The third-order valence-electron chi connectivity index (χ3n) is 5.71. The third kappa shape index (κ3) is 3.80. The van der Waals surface area contributed by atoms with Crippen molar-refractivity contribution in [3.8, 4) is 11.1 Å². The van der Waals surface area contributed by atoms with E-state index in [1.165, 1.54) is 12.1 Å². The van der Waals surface area contributed by atoms with Gasteiger partial charge in [-0.2, -0.15) is 0 Å². The van der Waals surface area contributed by atoms with Crippen molar-refractivity contribution in [2.75, 3.05) is 19.3 Å². The Balaban J connectivity index is 1.55. The molecule has 0 bridgehead atoms. The fourth-order valence-electron chi connectivity index (χ4n) is 4.28. The van der Waals surface area contributed by atoms with Crippen molar-refractivity contribution in [2.45, 2.75) is 31.2 Å². The highest BCUT2D eigenvalue weighted by molar-refractivity contribution is 7.96. The summed E-state index contributed by atoms with van der Waals surface area (Å²) in [5.74, 6) is -0.935. The average Bonchev–Trinajstić information content (AvgIpc) is 3.49. The first-order valence-electron chi connectivity index (χ1n) is 9.70. The zero-order valence-corrected chi connectivity index (χ0v) is 16.6. The van der Waals surface area contributed by atoms with Crippen molar-refractivity contribution < 1.29 is 13.6 Å². The number of carbonyl (C=O) groups is 1. The number of likely N-dealkylation sites (tertiary alicyclic amines) is 1. The highest BCUT2D eigenvalue weighted by Gasteiger charge is 2.47. The average molecular weight is 403 g/mol. The summed E-state index contributed by atoms with van der Waals surface area (Å²) >= 11 is 1.58. The summed E-state index contributed by atoms with van der Waals surface area (Å²) < 4.78 is 32.3. The zero-order chi connectivity index (χ0) is 19.7. The number of piperidine rings is 1. The second-order valence-electron chi connectivity index (χ2n) is 7.58. The maximum absolute atomic E-state index is 14.7. The number of hydrogen-bond acceptors (Lipinski definition) is 3. The van der Waals surface area contributed by atoms with Gasteiger partial charge < -0.3 is 4.90 Å². The summed E-state index contributed by atoms with van der Waals surface area (Å²) in [6.45, 7) is 1.49. The quantitative estimate of drug-likeness (QED) is 0.743. The number of rotatable bonds is 5. The number of halogens is 2. The Bertz CT molecular complexity index is 873. The van der Waals surface area contributed by atoms with Crippen LogP contribution in [0.25, 0.3) is 11.1 Å². The molecule has 1 heterocycles. The van der Waals surface area contributed by atoms with E-state index >= 15 is 0 Å². The van der Waals surface area contributed by atoms with Crippen LogP contribution in [0, 0.1) is 17.6 Å². The van der Waals surface area contributed by atoms with E-state index < -0.39 is 11.6 Å². The number of benzene rings is 2. The number of hydrogen-bond donors (Lipinski definition) is 1. The molecule has 2 aromatic rings. The van der Waals surface area contributed by atoms with Crippen LogP contribution < -0.4 is 4.72 Å². The molecule has 3 unspecified atom stereocenters. The van der Waals surface area contributed by atoms with Gasteiger partial charge in [0.25, 0.3) is 0 Å². The highest BCUT2D eigenvalue weighted by Crippen LogP contribution is 2.52. The molecule has 28 heavy (non-hydrogen) atoms. The first-order valence-corrected chi connectivity index (χ1v) is 10.9. The molecule has 2 aromatic carbocycles. The molecule has 2 fully saturated rings. The van der Waals surface area contributed by atoms with Crippen LogP contribution in [0.3, 0.4) is 0 Å². The lowest BCUT2D eigenvalue weighted by Crippen LogP contribution is -2.46. The van der Waals surface area contributed by atoms with Crippen LogP contribution in [-0.4, -0.2) is 36.2 Å². The van der Waals surface area contributed by atoms with Crippen LogP contribution >= 0.6 is 11.9 Å². The zero-order valence-electron chi connectivity index (χ0n) is 15.8. The predicted octanol–water partition coefficient (Wildman–Crippen LogP) is 4.59. The Morgan fingerprint density at radius 3 is 2.71 bits per heavy atom. The maximum atomic E-state index is 14.7. The van der Waals surface area contributed by atoms with Crippen LogP contribution in [0.2, 0.25) is 0 Å². The van der Waals surface area contributed by atoms with Crippen LogP contribution in [0.5, 0.6) is 0 Å². The largest absolute Gasteiger partial charge is 0.341 e. The van der Waals surface area contributed by atoms with Gasteiger partial charge in [0.1, 0.15) is 11.6 Å². The van der Waals surface area contributed by atoms with Gasteiger partial charge in [-0.25, -0.2) is 8.78 Å². The minimum absolute atomic E-state index is 0.0494. The fourth-order valence-corrected chi connectivity index (χ4v) is 4.81. The molecule has 1 amide bonds. The van der Waals surface area contributed by atoms with E-state index in [9.17, 15) is 13.6 Å². The fraction of sp³-hybridized carbons (Fsp3) is 0.409.